The number of nitrogens with two attached hydrogens (primary N) is 2. The molecule has 0 saturated heterocycles. The molecule has 2 rings (SSSR count). The maximum atomic E-state index is 5.42. The number of benzene rings is 2. The van der Waals surface area contributed by atoms with Crippen molar-refractivity contribution in [2.45, 2.75) is 6.42 Å². The van der Waals surface area contributed by atoms with E-state index in [4.69, 9.17) is 23.7 Å². The van der Waals surface area contributed by atoms with E-state index in [0.717, 1.165) is 5.69 Å². The van der Waals surface area contributed by atoms with Crippen LogP contribution in [0.15, 0.2) is 48.5 Å². The first-order valence-corrected chi connectivity index (χ1v) is 8.08. The Morgan fingerprint density at radius 3 is 1.68 bits per heavy atom. The average Bonchev–Trinajstić information content (AvgIpc) is 2.36. The van der Waals surface area contributed by atoms with Gasteiger partial charge in [0.2, 0.25) is 0 Å². The van der Waals surface area contributed by atoms with Gasteiger partial charge in [-0.2, -0.15) is 0 Å². The molecule has 0 amide bonds. The van der Waals surface area contributed by atoms with Crippen molar-refractivity contribution in [3.8, 4) is 0 Å². The van der Waals surface area contributed by atoms with Crippen molar-refractivity contribution in [3.63, 3.8) is 0 Å². The lowest BCUT2D eigenvalue weighted by Gasteiger charge is -1.97. The molecule has 0 fully saturated rings. The van der Waals surface area contributed by atoms with E-state index in [1.807, 2.05) is 48.5 Å². The number of thiocarbonyl (C=S) groups is 1. The van der Waals surface area contributed by atoms with E-state index in [2.05, 4.69) is 45.2 Å². The molecule has 2 aromatic carbocycles. The van der Waals surface area contributed by atoms with E-state index in [0.29, 0.717) is 11.4 Å². The van der Waals surface area contributed by atoms with Gasteiger partial charge in [0, 0.05) is 19.2 Å². The van der Waals surface area contributed by atoms with Crippen LogP contribution in [0.5, 0.6) is 0 Å². The fourth-order valence-electron chi connectivity index (χ4n) is 1.27. The van der Waals surface area contributed by atoms with E-state index >= 15 is 0 Å². The van der Waals surface area contributed by atoms with E-state index in [-0.39, 0.29) is 0 Å². The average molecular weight is 496 g/mol. The molecular weight excluding hydrogens is 482 g/mol. The van der Waals surface area contributed by atoms with Crippen molar-refractivity contribution in [2.75, 3.05) is 5.73 Å². The Hall–Kier alpha value is -0.410. The van der Waals surface area contributed by atoms with Crippen molar-refractivity contribution in [1.82, 2.24) is 0 Å². The minimum absolute atomic E-state index is 0.547. The summed E-state index contributed by atoms with van der Waals surface area (Å²) in [6.45, 7) is 0. The normalized spacial score (nSPS) is 9.37. The van der Waals surface area contributed by atoms with Crippen LogP contribution in [-0.4, -0.2) is 4.99 Å². The Kier molecular flexibility index (Phi) is 7.62. The van der Waals surface area contributed by atoms with Crippen LogP contribution in [0.1, 0.15) is 5.56 Å². The van der Waals surface area contributed by atoms with Crippen molar-refractivity contribution in [2.24, 2.45) is 5.73 Å². The van der Waals surface area contributed by atoms with Crippen molar-refractivity contribution >= 4 is 68.1 Å². The topological polar surface area (TPSA) is 52.0 Å². The van der Waals surface area contributed by atoms with Gasteiger partial charge in [-0.1, -0.05) is 24.4 Å². The lowest BCUT2D eigenvalue weighted by molar-refractivity contribution is 1.32. The van der Waals surface area contributed by atoms with Crippen LogP contribution in [0, 0.1) is 7.14 Å². The molecule has 0 heterocycles. The summed E-state index contributed by atoms with van der Waals surface area (Å²) in [5, 5.41) is 0. The monoisotopic (exact) mass is 496 g/mol. The summed E-state index contributed by atoms with van der Waals surface area (Å²) in [6.07, 6.45) is 0.701. The quantitative estimate of drug-likeness (QED) is 0.376. The van der Waals surface area contributed by atoms with Crippen LogP contribution in [0.4, 0.5) is 5.69 Å². The molecule has 0 bridgehead atoms. The third kappa shape index (κ3) is 7.68. The predicted molar refractivity (Wildman–Crippen MR) is 103 cm³/mol. The number of nitrogen functional groups attached to an aromatic ring is 1. The molecule has 2 aromatic rings. The SMILES string of the molecule is NC(=S)Cc1ccc(I)cc1.Nc1ccc(I)cc1. The standard InChI is InChI=1S/C8H8INS.C6H6IN/c9-7-3-1-6(2-4-7)5-8(10)11;7-5-1-3-6(8)4-2-5/h1-4H,5H2,(H2,10,11);1-4H,8H2. The highest BCUT2D eigenvalue weighted by Crippen LogP contribution is 2.07. The zero-order valence-corrected chi connectivity index (χ0v) is 15.3. The fourth-order valence-corrected chi connectivity index (χ4v) is 2.15. The van der Waals surface area contributed by atoms with Gasteiger partial charge in [0.05, 0.1) is 4.99 Å². The van der Waals surface area contributed by atoms with Crippen LogP contribution >= 0.6 is 57.4 Å². The highest BCUT2D eigenvalue weighted by Gasteiger charge is 1.93. The van der Waals surface area contributed by atoms with Gasteiger partial charge in [-0.15, -0.1) is 0 Å². The first-order chi connectivity index (χ1) is 8.97. The summed E-state index contributed by atoms with van der Waals surface area (Å²) < 4.78 is 2.45. The second-order valence-corrected chi connectivity index (χ2v) is 6.84. The molecule has 0 radical (unpaired) electrons. The third-order valence-electron chi connectivity index (χ3n) is 2.16. The zero-order chi connectivity index (χ0) is 14.3. The molecule has 0 aliphatic rings. The van der Waals surface area contributed by atoms with E-state index < -0.39 is 0 Å². The molecule has 0 atom stereocenters. The first-order valence-electron chi connectivity index (χ1n) is 5.51. The number of hydrogen-bond donors (Lipinski definition) is 2. The van der Waals surface area contributed by atoms with Crippen LogP contribution in [0.25, 0.3) is 0 Å². The summed E-state index contributed by atoms with van der Waals surface area (Å²) in [5.41, 5.74) is 12.8. The number of rotatable bonds is 2. The molecule has 100 valence electrons. The number of halogens is 2. The summed E-state index contributed by atoms with van der Waals surface area (Å²) in [5.74, 6) is 0. The minimum atomic E-state index is 0.547. The van der Waals surface area contributed by atoms with Gasteiger partial charge in [0.15, 0.2) is 0 Å². The Balaban J connectivity index is 0.000000200. The van der Waals surface area contributed by atoms with Gasteiger partial charge < -0.3 is 11.5 Å². The first kappa shape index (κ1) is 16.6. The van der Waals surface area contributed by atoms with Crippen molar-refractivity contribution in [3.05, 3.63) is 61.2 Å². The van der Waals surface area contributed by atoms with Crippen LogP contribution in [0.3, 0.4) is 0 Å². The highest BCUT2D eigenvalue weighted by atomic mass is 127. The van der Waals surface area contributed by atoms with E-state index in [1.54, 1.807) is 0 Å². The predicted octanol–water partition coefficient (Wildman–Crippen LogP) is 3.99. The van der Waals surface area contributed by atoms with Crippen LogP contribution < -0.4 is 11.5 Å². The smallest absolute Gasteiger partial charge is 0.0771 e. The van der Waals surface area contributed by atoms with E-state index in [1.165, 1.54) is 12.7 Å². The van der Waals surface area contributed by atoms with Gasteiger partial charge in [0.25, 0.3) is 0 Å². The summed E-state index contributed by atoms with van der Waals surface area (Å²) >= 11 is 9.29. The molecule has 0 aromatic heterocycles. The third-order valence-corrected chi connectivity index (χ3v) is 3.74. The zero-order valence-electron chi connectivity index (χ0n) is 10.1. The van der Waals surface area contributed by atoms with Crippen LogP contribution in [0.2, 0.25) is 0 Å². The Bertz CT molecular complexity index is 503. The number of anilines is 1. The maximum Gasteiger partial charge on any atom is 0.0771 e. The van der Waals surface area contributed by atoms with Gasteiger partial charge in [-0.05, 0) is 87.1 Å². The molecule has 0 aliphatic carbocycles. The Labute approximate surface area is 146 Å². The van der Waals surface area contributed by atoms with Gasteiger partial charge in [0.1, 0.15) is 0 Å². The molecule has 0 saturated carbocycles. The van der Waals surface area contributed by atoms with Crippen molar-refractivity contribution < 1.29 is 0 Å². The summed E-state index contributed by atoms with van der Waals surface area (Å²) in [7, 11) is 0. The number of hydrogen-bond acceptors (Lipinski definition) is 2. The molecule has 0 unspecified atom stereocenters. The summed E-state index contributed by atoms with van der Waals surface area (Å²) in [4.78, 5) is 0.547. The lowest BCUT2D eigenvalue weighted by atomic mass is 10.2. The molecule has 2 nitrogen and oxygen atoms in total. The second-order valence-electron chi connectivity index (χ2n) is 3.82. The summed E-state index contributed by atoms with van der Waals surface area (Å²) in [6, 6.07) is 15.9. The van der Waals surface area contributed by atoms with Gasteiger partial charge >= 0.3 is 0 Å². The minimum Gasteiger partial charge on any atom is -0.399 e. The van der Waals surface area contributed by atoms with Crippen LogP contribution in [-0.2, 0) is 6.42 Å². The van der Waals surface area contributed by atoms with Gasteiger partial charge in [-0.25, -0.2) is 0 Å². The molecule has 19 heavy (non-hydrogen) atoms. The highest BCUT2D eigenvalue weighted by molar-refractivity contribution is 14.1. The molecule has 0 aliphatic heterocycles. The van der Waals surface area contributed by atoms with Gasteiger partial charge in [-0.3, -0.25) is 0 Å². The Morgan fingerprint density at radius 2 is 1.32 bits per heavy atom. The van der Waals surface area contributed by atoms with E-state index in [9.17, 15) is 0 Å². The fraction of sp³-hybridized carbons (Fsp3) is 0.0714. The molecule has 4 N–H and O–H groups in total. The molecule has 0 spiro atoms. The largest absolute Gasteiger partial charge is 0.399 e. The lowest BCUT2D eigenvalue weighted by Crippen LogP contribution is -2.10. The van der Waals surface area contributed by atoms with Crippen molar-refractivity contribution in [1.29, 1.82) is 0 Å². The second kappa shape index (κ2) is 8.70. The Morgan fingerprint density at radius 1 is 0.895 bits per heavy atom. The molecule has 5 heteroatoms. The maximum absolute atomic E-state index is 5.42. The molecular formula is C14H14I2N2S.